The molecule has 0 aliphatic heterocycles. The predicted molar refractivity (Wildman–Crippen MR) is 122 cm³/mol. The molecule has 0 saturated carbocycles. The molecule has 0 fully saturated rings. The van der Waals surface area contributed by atoms with Gasteiger partial charge in [-0.15, -0.1) is 0 Å². The number of benzene rings is 4. The molecular formula is C26H18LaN2O4. The van der Waals surface area contributed by atoms with Gasteiger partial charge in [0.25, 0.3) is 0 Å². The third-order valence-electron chi connectivity index (χ3n) is 4.86. The van der Waals surface area contributed by atoms with E-state index in [0.717, 1.165) is 22.2 Å². The molecule has 0 aliphatic carbocycles. The number of phenolic OH excluding ortho intramolecular Hbond substituents is 2. The van der Waals surface area contributed by atoms with Crippen LogP contribution in [0.4, 0.5) is 0 Å². The summed E-state index contributed by atoms with van der Waals surface area (Å²) in [6.45, 7) is 0. The summed E-state index contributed by atoms with van der Waals surface area (Å²) in [6.07, 6.45) is 0. The van der Waals surface area contributed by atoms with Crippen LogP contribution >= 0.6 is 0 Å². The van der Waals surface area contributed by atoms with Gasteiger partial charge in [-0.25, -0.2) is 9.97 Å². The van der Waals surface area contributed by atoms with Crippen LogP contribution in [0.1, 0.15) is 0 Å². The van der Waals surface area contributed by atoms with Crippen LogP contribution in [0.5, 0.6) is 11.5 Å². The molecule has 0 amide bonds. The summed E-state index contributed by atoms with van der Waals surface area (Å²) in [5.41, 5.74) is 4.25. The van der Waals surface area contributed by atoms with E-state index in [1.165, 1.54) is 0 Å². The SMILES string of the molecule is Oc1ccccc1-c1nc2ccccc2o1.Oc1ccccc1-c1nc2ccccc2o1.[La]. The van der Waals surface area contributed by atoms with Gasteiger partial charge in [0.1, 0.15) is 22.5 Å². The molecule has 2 N–H and O–H groups in total. The zero-order valence-corrected chi connectivity index (χ0v) is 21.0. The summed E-state index contributed by atoms with van der Waals surface area (Å²) < 4.78 is 11.1. The van der Waals surface area contributed by atoms with E-state index < -0.39 is 0 Å². The van der Waals surface area contributed by atoms with Crippen molar-refractivity contribution in [2.24, 2.45) is 0 Å². The number of rotatable bonds is 2. The minimum Gasteiger partial charge on any atom is -0.507 e. The van der Waals surface area contributed by atoms with Gasteiger partial charge in [-0.2, -0.15) is 0 Å². The second-order valence-corrected chi connectivity index (χ2v) is 7.01. The molecule has 4 aromatic carbocycles. The van der Waals surface area contributed by atoms with Gasteiger partial charge >= 0.3 is 0 Å². The van der Waals surface area contributed by atoms with Gasteiger partial charge < -0.3 is 19.0 Å². The van der Waals surface area contributed by atoms with Gasteiger partial charge in [-0.3, -0.25) is 0 Å². The summed E-state index contributed by atoms with van der Waals surface area (Å²) in [5.74, 6) is 1.24. The molecule has 0 aliphatic rings. The average Bonchev–Trinajstić information content (AvgIpc) is 3.44. The number of hydrogen-bond acceptors (Lipinski definition) is 6. The van der Waals surface area contributed by atoms with Gasteiger partial charge in [0.05, 0.1) is 11.1 Å². The van der Waals surface area contributed by atoms with Crippen molar-refractivity contribution in [3.63, 3.8) is 0 Å². The van der Waals surface area contributed by atoms with Gasteiger partial charge in [0, 0.05) is 35.6 Å². The molecule has 6 rings (SSSR count). The largest absolute Gasteiger partial charge is 0.507 e. The molecule has 33 heavy (non-hydrogen) atoms. The smallest absolute Gasteiger partial charge is 0.231 e. The number of oxazole rings is 2. The van der Waals surface area contributed by atoms with E-state index in [0.29, 0.717) is 22.9 Å². The summed E-state index contributed by atoms with van der Waals surface area (Å²) in [7, 11) is 0. The fourth-order valence-electron chi connectivity index (χ4n) is 3.28. The first-order valence-electron chi connectivity index (χ1n) is 9.97. The van der Waals surface area contributed by atoms with Crippen molar-refractivity contribution in [2.75, 3.05) is 0 Å². The Labute approximate surface area is 217 Å². The number of fused-ring (bicyclic) bond motifs is 2. The first-order chi connectivity index (χ1) is 15.7. The molecule has 0 bridgehead atoms. The Kier molecular flexibility index (Phi) is 6.94. The third kappa shape index (κ3) is 4.85. The minimum atomic E-state index is 0. The van der Waals surface area contributed by atoms with Crippen LogP contribution in [0.25, 0.3) is 45.1 Å². The van der Waals surface area contributed by atoms with Gasteiger partial charge in [-0.1, -0.05) is 48.5 Å². The van der Waals surface area contributed by atoms with Gasteiger partial charge in [-0.05, 0) is 48.5 Å². The van der Waals surface area contributed by atoms with Crippen LogP contribution in [0, 0.1) is 35.6 Å². The molecule has 7 heteroatoms. The first-order valence-corrected chi connectivity index (χ1v) is 9.97. The Morgan fingerprint density at radius 3 is 1.24 bits per heavy atom. The zero-order chi connectivity index (χ0) is 21.9. The topological polar surface area (TPSA) is 92.5 Å². The van der Waals surface area contributed by atoms with E-state index in [9.17, 15) is 10.2 Å². The van der Waals surface area contributed by atoms with Crippen LogP contribution in [-0.2, 0) is 0 Å². The Morgan fingerprint density at radius 2 is 0.848 bits per heavy atom. The van der Waals surface area contributed by atoms with Crippen molar-refractivity contribution in [2.45, 2.75) is 0 Å². The van der Waals surface area contributed by atoms with Crippen molar-refractivity contribution in [1.82, 2.24) is 9.97 Å². The number of para-hydroxylation sites is 6. The molecule has 0 saturated heterocycles. The number of aromatic hydroxyl groups is 2. The zero-order valence-electron chi connectivity index (χ0n) is 17.4. The van der Waals surface area contributed by atoms with Crippen molar-refractivity contribution in [1.29, 1.82) is 0 Å². The number of phenols is 2. The van der Waals surface area contributed by atoms with E-state index in [2.05, 4.69) is 9.97 Å². The van der Waals surface area contributed by atoms with E-state index >= 15 is 0 Å². The molecule has 6 nitrogen and oxygen atoms in total. The van der Waals surface area contributed by atoms with Crippen molar-refractivity contribution < 1.29 is 54.6 Å². The van der Waals surface area contributed by atoms with Crippen LogP contribution in [0.3, 0.4) is 0 Å². The molecule has 159 valence electrons. The molecule has 0 unspecified atom stereocenters. The van der Waals surface area contributed by atoms with E-state index in [-0.39, 0.29) is 47.1 Å². The van der Waals surface area contributed by atoms with Gasteiger partial charge in [0.2, 0.25) is 11.8 Å². The monoisotopic (exact) mass is 561 g/mol. The van der Waals surface area contributed by atoms with Crippen molar-refractivity contribution >= 4 is 22.2 Å². The molecule has 2 heterocycles. The second kappa shape index (κ2) is 10.0. The summed E-state index contributed by atoms with van der Waals surface area (Å²) in [6, 6.07) is 29.0. The summed E-state index contributed by atoms with van der Waals surface area (Å²) in [4.78, 5) is 8.63. The van der Waals surface area contributed by atoms with Crippen LogP contribution in [-0.4, -0.2) is 20.2 Å². The second-order valence-electron chi connectivity index (χ2n) is 7.01. The van der Waals surface area contributed by atoms with Crippen LogP contribution in [0.2, 0.25) is 0 Å². The fourth-order valence-corrected chi connectivity index (χ4v) is 3.28. The predicted octanol–water partition coefficient (Wildman–Crippen LogP) is 6.40. The molecule has 6 aromatic rings. The Hall–Kier alpha value is -3.39. The number of aromatic nitrogens is 2. The Morgan fingerprint density at radius 1 is 0.485 bits per heavy atom. The molecule has 0 atom stereocenters. The third-order valence-corrected chi connectivity index (χ3v) is 4.86. The van der Waals surface area contributed by atoms with Crippen molar-refractivity contribution in [3.05, 3.63) is 97.1 Å². The summed E-state index contributed by atoms with van der Waals surface area (Å²) in [5, 5.41) is 19.4. The maximum absolute atomic E-state index is 9.69. The number of nitrogens with zero attached hydrogens (tertiary/aromatic N) is 2. The standard InChI is InChI=1S/2C13H9NO2.La/c2*15-11-7-3-1-5-9(11)13-14-10-6-2-4-8-12(10)16-13;/h2*1-8,15H;. The van der Waals surface area contributed by atoms with E-state index in [1.54, 1.807) is 36.4 Å². The van der Waals surface area contributed by atoms with Crippen LogP contribution < -0.4 is 0 Å². The minimum absolute atomic E-state index is 0. The molecule has 0 spiro atoms. The quantitative estimate of drug-likeness (QED) is 0.254. The van der Waals surface area contributed by atoms with Crippen molar-refractivity contribution in [3.8, 4) is 34.4 Å². The van der Waals surface area contributed by atoms with E-state index in [4.69, 9.17) is 8.83 Å². The fraction of sp³-hybridized carbons (Fsp3) is 0. The van der Waals surface area contributed by atoms with E-state index in [1.807, 2.05) is 60.7 Å². The maximum atomic E-state index is 9.69. The molecular weight excluding hydrogens is 543 g/mol. The Bertz CT molecular complexity index is 1340. The summed E-state index contributed by atoms with van der Waals surface area (Å²) >= 11 is 0. The average molecular weight is 561 g/mol. The van der Waals surface area contributed by atoms with Crippen LogP contribution in [0.15, 0.2) is 106 Å². The molecule has 1 radical (unpaired) electrons. The van der Waals surface area contributed by atoms with Gasteiger partial charge in [0.15, 0.2) is 11.2 Å². The maximum Gasteiger partial charge on any atom is 0.231 e. The molecule has 2 aromatic heterocycles. The Balaban J connectivity index is 0.000000152. The normalized spacial score (nSPS) is 10.4. The first kappa shape index (κ1) is 22.8. The number of hydrogen-bond donors (Lipinski definition) is 2.